The third-order valence-electron chi connectivity index (χ3n) is 7.74. The molecule has 1 unspecified atom stereocenters. The van der Waals surface area contributed by atoms with E-state index in [1.807, 2.05) is 37.7 Å². The number of aromatic nitrogens is 5. The van der Waals surface area contributed by atoms with Crippen LogP contribution in [0, 0.1) is 19.8 Å². The summed E-state index contributed by atoms with van der Waals surface area (Å²) < 4.78 is 49.3. The highest BCUT2D eigenvalue weighted by atomic mass is 32.2. The molecule has 4 aromatic rings. The largest absolute Gasteiger partial charge is 0.358 e. The Labute approximate surface area is 237 Å². The van der Waals surface area contributed by atoms with Crippen molar-refractivity contribution < 1.29 is 22.3 Å². The van der Waals surface area contributed by atoms with Gasteiger partial charge in [-0.25, -0.2) is 22.8 Å². The number of hydrogen-bond acceptors (Lipinski definition) is 8. The second-order valence-corrected chi connectivity index (χ2v) is 13.1. The molecule has 10 nitrogen and oxygen atoms in total. The topological polar surface area (TPSA) is 121 Å². The number of nitrogens with zero attached hydrogens (tertiary/aromatic N) is 5. The van der Waals surface area contributed by atoms with E-state index >= 15 is 0 Å². The van der Waals surface area contributed by atoms with Crippen molar-refractivity contribution >= 4 is 38.2 Å². The lowest BCUT2D eigenvalue weighted by molar-refractivity contribution is -0.120. The van der Waals surface area contributed by atoms with Crippen LogP contribution in [0.3, 0.4) is 0 Å². The summed E-state index contributed by atoms with van der Waals surface area (Å²) in [6.45, 7) is 4.43. The smallest absolute Gasteiger partial charge is 0.177 e. The van der Waals surface area contributed by atoms with Crippen molar-refractivity contribution in [3.63, 3.8) is 0 Å². The van der Waals surface area contributed by atoms with Crippen molar-refractivity contribution in [3.8, 4) is 11.3 Å². The summed E-state index contributed by atoms with van der Waals surface area (Å²) in [6, 6.07) is 6.85. The van der Waals surface area contributed by atoms with Gasteiger partial charge in [-0.3, -0.25) is 14.0 Å². The van der Waals surface area contributed by atoms with Crippen LogP contribution in [-0.4, -0.2) is 57.6 Å². The number of rotatable bonds is 8. The quantitative estimate of drug-likeness (QED) is 0.317. The van der Waals surface area contributed by atoms with Crippen LogP contribution in [0.5, 0.6) is 0 Å². The van der Waals surface area contributed by atoms with Gasteiger partial charge in [0.2, 0.25) is 0 Å². The summed E-state index contributed by atoms with van der Waals surface area (Å²) >= 11 is 0. The van der Waals surface area contributed by atoms with Gasteiger partial charge in [0.15, 0.2) is 15.5 Å². The molecule has 4 heterocycles. The number of alkyl halides is 1. The highest BCUT2D eigenvalue weighted by molar-refractivity contribution is 7.90. The zero-order chi connectivity index (χ0) is 29.1. The average Bonchev–Trinajstić information content (AvgIpc) is 3.42. The van der Waals surface area contributed by atoms with Crippen molar-refractivity contribution in [1.29, 1.82) is 0 Å². The number of ether oxygens (including phenoxy) is 1. The summed E-state index contributed by atoms with van der Waals surface area (Å²) in [6.07, 6.45) is 4.72. The van der Waals surface area contributed by atoms with Gasteiger partial charge in [0, 0.05) is 38.1 Å². The van der Waals surface area contributed by atoms with Gasteiger partial charge in [0.05, 0.1) is 33.6 Å². The third-order valence-corrected chi connectivity index (χ3v) is 8.88. The Morgan fingerprint density at radius 2 is 1.95 bits per heavy atom. The van der Waals surface area contributed by atoms with Crippen molar-refractivity contribution in [2.75, 3.05) is 18.2 Å². The number of imidazole rings is 1. The fourth-order valence-electron chi connectivity index (χ4n) is 5.61. The molecule has 0 spiro atoms. The Kier molecular flexibility index (Phi) is 6.93. The molecule has 1 aliphatic heterocycles. The fraction of sp³-hybridized carbons (Fsp3) is 0.448. The van der Waals surface area contributed by atoms with E-state index in [1.54, 1.807) is 22.9 Å². The van der Waals surface area contributed by atoms with E-state index in [4.69, 9.17) is 14.7 Å². The molecule has 0 radical (unpaired) electrons. The van der Waals surface area contributed by atoms with Gasteiger partial charge in [-0.05, 0) is 63.3 Å². The third kappa shape index (κ3) is 5.38. The van der Waals surface area contributed by atoms with E-state index in [2.05, 4.69) is 10.4 Å². The molecule has 216 valence electrons. The summed E-state index contributed by atoms with van der Waals surface area (Å²) in [5, 5.41) is 7.77. The van der Waals surface area contributed by atoms with Crippen LogP contribution in [-0.2, 0) is 32.8 Å². The van der Waals surface area contributed by atoms with Gasteiger partial charge in [0.25, 0.3) is 0 Å². The Bertz CT molecular complexity index is 1770. The van der Waals surface area contributed by atoms with E-state index in [9.17, 15) is 17.6 Å². The number of carbonyl (C=O) groups excluding carboxylic acids is 1. The number of aryl methyl sites for hydroxylation is 3. The van der Waals surface area contributed by atoms with Gasteiger partial charge in [-0.15, -0.1) is 0 Å². The predicted molar refractivity (Wildman–Crippen MR) is 153 cm³/mol. The average molecular weight is 581 g/mol. The van der Waals surface area contributed by atoms with Crippen molar-refractivity contribution in [2.45, 2.75) is 63.2 Å². The number of pyridine rings is 1. The number of Topliss-reactive ketones (excluding diaryl/α,β-unsaturated/α-hetero) is 1. The van der Waals surface area contributed by atoms with Gasteiger partial charge in [-0.1, -0.05) is 6.07 Å². The number of anilines is 2. The minimum absolute atomic E-state index is 0.0255. The molecule has 1 aliphatic carbocycles. The van der Waals surface area contributed by atoms with E-state index in [0.29, 0.717) is 51.9 Å². The Hall–Kier alpha value is -3.64. The molecule has 3 atom stereocenters. The lowest BCUT2D eigenvalue weighted by Crippen LogP contribution is -2.19. The number of ketones is 1. The molecule has 1 saturated carbocycles. The van der Waals surface area contributed by atoms with Crippen LogP contribution in [0.25, 0.3) is 22.4 Å². The Balaban J connectivity index is 1.46. The second kappa shape index (κ2) is 10.3. The number of sulfone groups is 1. The number of hydrogen-bond donors (Lipinski definition) is 1. The summed E-state index contributed by atoms with van der Waals surface area (Å²) in [4.78, 5) is 22.4. The number of carbonyl (C=O) groups is 1. The maximum atomic E-state index is 13.6. The molecule has 0 amide bonds. The summed E-state index contributed by atoms with van der Waals surface area (Å²) in [5.41, 5.74) is 4.71. The van der Waals surface area contributed by atoms with E-state index in [0.717, 1.165) is 31.1 Å². The van der Waals surface area contributed by atoms with Crippen LogP contribution in [0.4, 0.5) is 15.8 Å². The van der Waals surface area contributed by atoms with E-state index in [-0.39, 0.29) is 29.7 Å². The van der Waals surface area contributed by atoms with Gasteiger partial charge in [0.1, 0.15) is 29.5 Å². The maximum Gasteiger partial charge on any atom is 0.177 e. The molecule has 0 bridgehead atoms. The zero-order valence-electron chi connectivity index (χ0n) is 23.5. The first-order valence-electron chi connectivity index (χ1n) is 13.8. The monoisotopic (exact) mass is 580 g/mol. The normalized spacial score (nSPS) is 20.9. The van der Waals surface area contributed by atoms with E-state index in [1.165, 1.54) is 0 Å². The zero-order valence-corrected chi connectivity index (χ0v) is 24.3. The molecule has 1 saturated heterocycles. The van der Waals surface area contributed by atoms with Crippen molar-refractivity contribution in [1.82, 2.24) is 24.3 Å². The molecule has 12 heteroatoms. The maximum absolute atomic E-state index is 13.6. The molecule has 2 fully saturated rings. The predicted octanol–water partition coefficient (Wildman–Crippen LogP) is 4.76. The SMILES string of the molecule is Cc1cn(C)nc1-c1ccc(Nc2cc(CC(=O)[C@@H]3C[C@@H]3F)nc3c2nc(C)n3C2CCCCO2)c(S(C)(=O)=O)c1. The Morgan fingerprint density at radius 3 is 2.59 bits per heavy atom. The molecular formula is C29H33FN6O4S. The number of nitrogens with one attached hydrogen (secondary N) is 1. The first-order valence-corrected chi connectivity index (χ1v) is 15.7. The summed E-state index contributed by atoms with van der Waals surface area (Å²) in [7, 11) is -1.84. The highest BCUT2D eigenvalue weighted by Crippen LogP contribution is 2.38. The molecule has 41 heavy (non-hydrogen) atoms. The van der Waals surface area contributed by atoms with Crippen molar-refractivity contribution in [3.05, 3.63) is 47.5 Å². The van der Waals surface area contributed by atoms with Crippen LogP contribution in [0.2, 0.25) is 0 Å². The molecule has 1 aromatic carbocycles. The van der Waals surface area contributed by atoms with Crippen LogP contribution >= 0.6 is 0 Å². The van der Waals surface area contributed by atoms with Crippen LogP contribution in [0.15, 0.2) is 35.4 Å². The van der Waals surface area contributed by atoms with Gasteiger partial charge < -0.3 is 10.1 Å². The van der Waals surface area contributed by atoms with Gasteiger partial charge in [-0.2, -0.15) is 5.10 Å². The molecule has 6 rings (SSSR count). The van der Waals surface area contributed by atoms with E-state index < -0.39 is 21.9 Å². The Morgan fingerprint density at radius 1 is 1.17 bits per heavy atom. The highest BCUT2D eigenvalue weighted by Gasteiger charge is 2.43. The summed E-state index contributed by atoms with van der Waals surface area (Å²) in [5.74, 6) is -0.0863. The van der Waals surface area contributed by atoms with Gasteiger partial charge >= 0.3 is 0 Å². The van der Waals surface area contributed by atoms with Crippen LogP contribution in [0.1, 0.15) is 49.0 Å². The number of fused-ring (bicyclic) bond motifs is 1. The first-order chi connectivity index (χ1) is 19.5. The lowest BCUT2D eigenvalue weighted by Gasteiger charge is -2.25. The molecule has 1 N–H and O–H groups in total. The second-order valence-electron chi connectivity index (χ2n) is 11.1. The first kappa shape index (κ1) is 27.5. The molecule has 2 aliphatic rings. The molecule has 3 aromatic heterocycles. The standard InChI is InChI=1S/C29H33FN6O4S/c1-16-15-35(3)34-27(16)18-8-9-22(25(11-18)41(4,38)39)33-23-12-19(13-24(37)20-14-21(20)30)32-29-28(23)31-17(2)36(29)26-7-5-6-10-40-26/h8-9,11-12,15,20-21,26H,5-7,10,13-14H2,1-4H3,(H,32,33)/t20-,21+,26?/m1/s1. The number of benzene rings is 1. The number of halogens is 1. The fourth-order valence-corrected chi connectivity index (χ4v) is 6.47. The molecular weight excluding hydrogens is 547 g/mol. The van der Waals surface area contributed by atoms with Crippen LogP contribution < -0.4 is 5.32 Å². The minimum Gasteiger partial charge on any atom is -0.358 e. The minimum atomic E-state index is -3.66. The lowest BCUT2D eigenvalue weighted by atomic mass is 10.1. The van der Waals surface area contributed by atoms with Crippen molar-refractivity contribution in [2.24, 2.45) is 13.0 Å².